The summed E-state index contributed by atoms with van der Waals surface area (Å²) >= 11 is 0. The van der Waals surface area contributed by atoms with Crippen LogP contribution in [0.15, 0.2) is 42.6 Å². The van der Waals surface area contributed by atoms with Crippen molar-refractivity contribution in [1.82, 2.24) is 9.78 Å². The number of carbonyl (C=O) groups is 1. The highest BCUT2D eigenvalue weighted by molar-refractivity contribution is 5.86. The van der Waals surface area contributed by atoms with Gasteiger partial charge >= 0.3 is 12.1 Å². The summed E-state index contributed by atoms with van der Waals surface area (Å²) in [4.78, 5) is 12.3. The molecule has 136 valence electrons. The number of ether oxygens (including phenoxy) is 1. The summed E-state index contributed by atoms with van der Waals surface area (Å²) in [6.45, 7) is 1.70. The van der Waals surface area contributed by atoms with E-state index in [9.17, 15) is 22.4 Å². The highest BCUT2D eigenvalue weighted by Crippen LogP contribution is 2.32. The average Bonchev–Trinajstić information content (AvgIpc) is 2.98. The zero-order chi connectivity index (χ0) is 19.1. The van der Waals surface area contributed by atoms with Gasteiger partial charge in [-0.15, -0.1) is 0 Å². The first kappa shape index (κ1) is 17.9. The minimum atomic E-state index is -4.49. The number of aromatic nitrogens is 2. The summed E-state index contributed by atoms with van der Waals surface area (Å²) in [6, 6.07) is 5.54. The molecule has 26 heavy (non-hydrogen) atoms. The quantitative estimate of drug-likeness (QED) is 0.514. The van der Waals surface area contributed by atoms with E-state index in [1.807, 2.05) is 0 Å². The molecular formula is C18H14F4N2O2. The molecule has 4 nitrogen and oxygen atoms in total. The summed E-state index contributed by atoms with van der Waals surface area (Å²) in [6.07, 6.45) is -3.01. The number of carbonyl (C=O) groups excluding carboxylic acids is 1. The van der Waals surface area contributed by atoms with Gasteiger partial charge in [0.25, 0.3) is 0 Å². The second-order valence-corrected chi connectivity index (χ2v) is 5.79. The van der Waals surface area contributed by atoms with Gasteiger partial charge in [-0.25, -0.2) is 13.9 Å². The third kappa shape index (κ3) is 3.14. The van der Waals surface area contributed by atoms with Crippen molar-refractivity contribution >= 4 is 16.9 Å². The lowest BCUT2D eigenvalue weighted by Crippen LogP contribution is -2.23. The van der Waals surface area contributed by atoms with Gasteiger partial charge in [0.2, 0.25) is 0 Å². The van der Waals surface area contributed by atoms with Gasteiger partial charge in [-0.1, -0.05) is 12.1 Å². The molecule has 1 aromatic heterocycles. The van der Waals surface area contributed by atoms with Crippen LogP contribution in [0.5, 0.6) is 0 Å². The van der Waals surface area contributed by atoms with Crippen LogP contribution in [-0.2, 0) is 15.7 Å². The van der Waals surface area contributed by atoms with Gasteiger partial charge in [-0.3, -0.25) is 0 Å². The van der Waals surface area contributed by atoms with Gasteiger partial charge < -0.3 is 4.74 Å². The molecule has 1 heterocycles. The van der Waals surface area contributed by atoms with Gasteiger partial charge in [0.05, 0.1) is 24.4 Å². The lowest BCUT2D eigenvalue weighted by Gasteiger charge is -2.18. The van der Waals surface area contributed by atoms with Crippen LogP contribution in [0.25, 0.3) is 10.9 Å². The minimum absolute atomic E-state index is 0.247. The second kappa shape index (κ2) is 6.44. The van der Waals surface area contributed by atoms with Crippen molar-refractivity contribution in [3.63, 3.8) is 0 Å². The van der Waals surface area contributed by atoms with E-state index in [1.54, 1.807) is 6.92 Å². The number of alkyl halides is 3. The van der Waals surface area contributed by atoms with Gasteiger partial charge in [-0.2, -0.15) is 18.3 Å². The highest BCUT2D eigenvalue weighted by Gasteiger charge is 2.32. The fourth-order valence-electron chi connectivity index (χ4n) is 2.83. The van der Waals surface area contributed by atoms with Crippen molar-refractivity contribution in [1.29, 1.82) is 0 Å². The van der Waals surface area contributed by atoms with E-state index >= 15 is 0 Å². The number of fused-ring (bicyclic) bond motifs is 1. The monoisotopic (exact) mass is 366 g/mol. The van der Waals surface area contributed by atoms with E-state index in [4.69, 9.17) is 4.74 Å². The number of halogens is 4. The predicted octanol–water partition coefficient (Wildman–Crippen LogP) is 4.27. The van der Waals surface area contributed by atoms with Crippen LogP contribution in [0, 0.1) is 12.7 Å². The molecule has 0 saturated carbocycles. The first-order chi connectivity index (χ1) is 12.2. The topological polar surface area (TPSA) is 44.1 Å². The van der Waals surface area contributed by atoms with Crippen LogP contribution in [0.1, 0.15) is 22.7 Å². The van der Waals surface area contributed by atoms with Crippen LogP contribution >= 0.6 is 0 Å². The molecule has 0 radical (unpaired) electrons. The van der Waals surface area contributed by atoms with Crippen molar-refractivity contribution in [2.75, 3.05) is 7.11 Å². The predicted molar refractivity (Wildman–Crippen MR) is 86.0 cm³/mol. The standard InChI is InChI=1S/C18H14F4N2O2/c1-10-7-13(19)8-15-14(10)9-23-24(15)16(17(25)26-2)11-3-5-12(6-4-11)18(20,21)22/h3-9,16H,1-2H3. The van der Waals surface area contributed by atoms with Gasteiger partial charge in [0.1, 0.15) is 5.82 Å². The Bertz CT molecular complexity index is 962. The molecule has 0 amide bonds. The largest absolute Gasteiger partial charge is 0.467 e. The molecule has 0 aliphatic carbocycles. The maximum Gasteiger partial charge on any atom is 0.416 e. The van der Waals surface area contributed by atoms with E-state index in [-0.39, 0.29) is 5.56 Å². The molecule has 0 saturated heterocycles. The van der Waals surface area contributed by atoms with Gasteiger partial charge in [0.15, 0.2) is 6.04 Å². The highest BCUT2D eigenvalue weighted by atomic mass is 19.4. The van der Waals surface area contributed by atoms with E-state index in [2.05, 4.69) is 5.10 Å². The Labute approximate surface area is 146 Å². The molecule has 1 unspecified atom stereocenters. The zero-order valence-electron chi connectivity index (χ0n) is 13.8. The molecule has 1 atom stereocenters. The molecular weight excluding hydrogens is 352 g/mol. The normalized spacial score (nSPS) is 13.0. The lowest BCUT2D eigenvalue weighted by atomic mass is 10.0. The van der Waals surface area contributed by atoms with Crippen molar-refractivity contribution in [3.8, 4) is 0 Å². The molecule has 0 fully saturated rings. The molecule has 0 aliphatic rings. The molecule has 3 rings (SSSR count). The summed E-state index contributed by atoms with van der Waals surface area (Å²) < 4.78 is 58.1. The fourth-order valence-corrected chi connectivity index (χ4v) is 2.83. The number of rotatable bonds is 3. The van der Waals surface area contributed by atoms with Gasteiger partial charge in [-0.05, 0) is 42.3 Å². The van der Waals surface area contributed by atoms with Crippen LogP contribution in [-0.4, -0.2) is 22.9 Å². The molecule has 3 aromatic rings. The summed E-state index contributed by atoms with van der Waals surface area (Å²) in [5, 5.41) is 4.77. The second-order valence-electron chi connectivity index (χ2n) is 5.79. The zero-order valence-corrected chi connectivity index (χ0v) is 13.8. The number of esters is 1. The van der Waals surface area contributed by atoms with Gasteiger partial charge in [0, 0.05) is 5.39 Å². The minimum Gasteiger partial charge on any atom is -0.467 e. The Morgan fingerprint density at radius 3 is 2.42 bits per heavy atom. The van der Waals surface area contributed by atoms with E-state index in [0.717, 1.165) is 19.2 Å². The average molecular weight is 366 g/mol. The fraction of sp³-hybridized carbons (Fsp3) is 0.222. The molecule has 0 aliphatic heterocycles. The first-order valence-electron chi connectivity index (χ1n) is 7.60. The molecule has 2 aromatic carbocycles. The number of nitrogens with zero attached hydrogens (tertiary/aromatic N) is 2. The number of aryl methyl sites for hydroxylation is 1. The number of methoxy groups -OCH3 is 1. The molecule has 0 N–H and O–H groups in total. The Hall–Kier alpha value is -2.90. The number of hydrogen-bond donors (Lipinski definition) is 0. The van der Waals surface area contributed by atoms with Crippen LogP contribution in [0.3, 0.4) is 0 Å². The summed E-state index contributed by atoms with van der Waals surface area (Å²) in [7, 11) is 1.16. The lowest BCUT2D eigenvalue weighted by molar-refractivity contribution is -0.143. The smallest absolute Gasteiger partial charge is 0.416 e. The Kier molecular flexibility index (Phi) is 4.43. The maximum absolute atomic E-state index is 13.8. The Morgan fingerprint density at radius 2 is 1.85 bits per heavy atom. The maximum atomic E-state index is 13.8. The SMILES string of the molecule is COC(=O)C(c1ccc(C(F)(F)F)cc1)n1ncc2c(C)cc(F)cc21. The number of hydrogen-bond acceptors (Lipinski definition) is 3. The first-order valence-corrected chi connectivity index (χ1v) is 7.60. The summed E-state index contributed by atoms with van der Waals surface area (Å²) in [5.41, 5.74) is 0.383. The third-order valence-electron chi connectivity index (χ3n) is 4.11. The number of benzene rings is 2. The third-order valence-corrected chi connectivity index (χ3v) is 4.11. The Balaban J connectivity index is 2.15. The van der Waals surface area contributed by atoms with Crippen LogP contribution in [0.4, 0.5) is 17.6 Å². The van der Waals surface area contributed by atoms with E-state index in [1.165, 1.54) is 35.1 Å². The molecule has 8 heteroatoms. The molecule has 0 bridgehead atoms. The van der Waals surface area contributed by atoms with Crippen LogP contribution in [0.2, 0.25) is 0 Å². The Morgan fingerprint density at radius 1 is 1.19 bits per heavy atom. The summed E-state index contributed by atoms with van der Waals surface area (Å²) in [5.74, 6) is -1.23. The van der Waals surface area contributed by atoms with Crippen LogP contribution < -0.4 is 0 Å². The van der Waals surface area contributed by atoms with E-state index < -0.39 is 29.6 Å². The van der Waals surface area contributed by atoms with Crippen molar-refractivity contribution in [3.05, 3.63) is 65.1 Å². The van der Waals surface area contributed by atoms with Crippen molar-refractivity contribution < 1.29 is 27.1 Å². The van der Waals surface area contributed by atoms with Crippen molar-refractivity contribution in [2.45, 2.75) is 19.1 Å². The van der Waals surface area contributed by atoms with E-state index in [0.29, 0.717) is 16.5 Å². The molecule has 0 spiro atoms. The van der Waals surface area contributed by atoms with Crippen molar-refractivity contribution in [2.24, 2.45) is 0 Å².